The highest BCUT2D eigenvalue weighted by atomic mass is 79.9. The molecular formula is C14H19BrN2. The molecule has 0 saturated heterocycles. The summed E-state index contributed by atoms with van der Waals surface area (Å²) in [6.45, 7) is 3.18. The van der Waals surface area contributed by atoms with Crippen LogP contribution in [0.1, 0.15) is 44.3 Å². The topological polar surface area (TPSA) is 24.9 Å². The summed E-state index contributed by atoms with van der Waals surface area (Å²) in [5, 5.41) is 3.52. The molecule has 92 valence electrons. The van der Waals surface area contributed by atoms with Crippen molar-refractivity contribution >= 4 is 15.9 Å². The van der Waals surface area contributed by atoms with Crippen molar-refractivity contribution in [2.45, 2.75) is 38.6 Å². The molecule has 0 spiro atoms. The number of hydrogen-bond acceptors (Lipinski definition) is 2. The molecule has 1 N–H and O–H groups in total. The zero-order chi connectivity index (χ0) is 12.5. The monoisotopic (exact) mass is 294 g/mol. The van der Waals surface area contributed by atoms with E-state index in [0.717, 1.165) is 42.4 Å². The second-order valence-corrected chi connectivity index (χ2v) is 4.92. The van der Waals surface area contributed by atoms with E-state index in [4.69, 9.17) is 6.42 Å². The van der Waals surface area contributed by atoms with Crippen molar-refractivity contribution in [1.82, 2.24) is 10.3 Å². The summed E-state index contributed by atoms with van der Waals surface area (Å²) >= 11 is 3.40. The van der Waals surface area contributed by atoms with Crippen LogP contribution in [0.15, 0.2) is 22.8 Å². The highest BCUT2D eigenvalue weighted by Crippen LogP contribution is 2.19. The van der Waals surface area contributed by atoms with Gasteiger partial charge in [-0.2, -0.15) is 0 Å². The first-order valence-corrected chi connectivity index (χ1v) is 6.85. The summed E-state index contributed by atoms with van der Waals surface area (Å²) in [5.41, 5.74) is 1.10. The molecule has 0 aliphatic rings. The molecule has 0 amide bonds. The molecule has 2 nitrogen and oxygen atoms in total. The van der Waals surface area contributed by atoms with Gasteiger partial charge in [-0.1, -0.05) is 6.92 Å². The van der Waals surface area contributed by atoms with E-state index in [1.165, 1.54) is 0 Å². The lowest BCUT2D eigenvalue weighted by atomic mass is 10.1. The Labute approximate surface area is 112 Å². The zero-order valence-corrected chi connectivity index (χ0v) is 11.8. The molecule has 3 heteroatoms. The van der Waals surface area contributed by atoms with Crippen LogP contribution in [-0.2, 0) is 0 Å². The molecule has 1 aromatic rings. The molecule has 1 rings (SSSR count). The predicted molar refractivity (Wildman–Crippen MR) is 75.7 cm³/mol. The third-order valence-corrected chi connectivity index (χ3v) is 3.03. The summed E-state index contributed by atoms with van der Waals surface area (Å²) in [4.78, 5) is 4.45. The molecule has 1 atom stereocenters. The lowest BCUT2D eigenvalue weighted by Gasteiger charge is -2.17. The maximum absolute atomic E-state index is 5.28. The fourth-order valence-electron chi connectivity index (χ4n) is 1.67. The fraction of sp³-hybridized carbons (Fsp3) is 0.500. The van der Waals surface area contributed by atoms with Gasteiger partial charge in [0.05, 0.1) is 5.69 Å². The van der Waals surface area contributed by atoms with Gasteiger partial charge in [-0.15, -0.1) is 12.3 Å². The first-order valence-electron chi connectivity index (χ1n) is 6.06. The van der Waals surface area contributed by atoms with Crippen LogP contribution in [0, 0.1) is 12.3 Å². The van der Waals surface area contributed by atoms with Crippen LogP contribution >= 0.6 is 15.9 Å². The van der Waals surface area contributed by atoms with Gasteiger partial charge in [0.15, 0.2) is 0 Å². The van der Waals surface area contributed by atoms with Gasteiger partial charge in [0.25, 0.3) is 0 Å². The minimum absolute atomic E-state index is 0.316. The smallest absolute Gasteiger partial charge is 0.0574 e. The van der Waals surface area contributed by atoms with E-state index >= 15 is 0 Å². The highest BCUT2D eigenvalue weighted by Gasteiger charge is 2.11. The Morgan fingerprint density at radius 2 is 2.35 bits per heavy atom. The summed E-state index contributed by atoms with van der Waals surface area (Å²) in [5.74, 6) is 2.68. The maximum Gasteiger partial charge on any atom is 0.0574 e. The van der Waals surface area contributed by atoms with Gasteiger partial charge in [0.2, 0.25) is 0 Å². The Balaban J connectivity index is 2.61. The molecule has 1 unspecified atom stereocenters. The average Bonchev–Trinajstić information content (AvgIpc) is 2.35. The quantitative estimate of drug-likeness (QED) is 0.613. The van der Waals surface area contributed by atoms with E-state index in [9.17, 15) is 0 Å². The minimum Gasteiger partial charge on any atom is -0.309 e. The van der Waals surface area contributed by atoms with Crippen LogP contribution in [0.2, 0.25) is 0 Å². The third-order valence-electron chi connectivity index (χ3n) is 2.56. The number of halogens is 1. The zero-order valence-electron chi connectivity index (χ0n) is 10.2. The molecule has 0 fully saturated rings. The van der Waals surface area contributed by atoms with Crippen molar-refractivity contribution in [3.05, 3.63) is 28.5 Å². The van der Waals surface area contributed by atoms with Crippen molar-refractivity contribution in [2.75, 3.05) is 6.54 Å². The first kappa shape index (κ1) is 14.2. The summed E-state index contributed by atoms with van der Waals surface area (Å²) < 4.78 is 1.01. The number of terminal acetylenes is 1. The predicted octanol–water partition coefficient (Wildman–Crippen LogP) is 3.69. The van der Waals surface area contributed by atoms with Gasteiger partial charge >= 0.3 is 0 Å². The van der Waals surface area contributed by atoms with Crippen LogP contribution in [0.25, 0.3) is 0 Å². The number of aromatic nitrogens is 1. The summed E-state index contributed by atoms with van der Waals surface area (Å²) in [7, 11) is 0. The van der Waals surface area contributed by atoms with Gasteiger partial charge < -0.3 is 5.32 Å². The van der Waals surface area contributed by atoms with Crippen molar-refractivity contribution in [3.8, 4) is 12.3 Å². The largest absolute Gasteiger partial charge is 0.309 e. The van der Waals surface area contributed by atoms with Gasteiger partial charge in [-0.05, 0) is 53.9 Å². The van der Waals surface area contributed by atoms with Crippen LogP contribution in [0.5, 0.6) is 0 Å². The Kier molecular flexibility index (Phi) is 6.91. The van der Waals surface area contributed by atoms with E-state index < -0.39 is 0 Å². The lowest BCUT2D eigenvalue weighted by Crippen LogP contribution is -2.23. The van der Waals surface area contributed by atoms with E-state index in [-0.39, 0.29) is 0 Å². The standard InChI is InChI=1S/C14H19BrN2/c1-3-5-6-7-13(16-10-4-2)14-9-8-12(15)11-17-14/h1,8-9,11,13,16H,4-7,10H2,2H3. The number of unbranched alkanes of at least 4 members (excludes halogenated alkanes) is 1. The second kappa shape index (κ2) is 8.27. The Morgan fingerprint density at radius 1 is 1.53 bits per heavy atom. The Bertz CT molecular complexity index is 353. The van der Waals surface area contributed by atoms with Crippen molar-refractivity contribution < 1.29 is 0 Å². The highest BCUT2D eigenvalue weighted by molar-refractivity contribution is 9.10. The molecule has 1 aromatic heterocycles. The number of hydrogen-bond donors (Lipinski definition) is 1. The van der Waals surface area contributed by atoms with E-state index in [1.807, 2.05) is 12.3 Å². The summed E-state index contributed by atoms with van der Waals surface area (Å²) in [6.07, 6.45) is 11.2. The van der Waals surface area contributed by atoms with Crippen LogP contribution in [0.4, 0.5) is 0 Å². The van der Waals surface area contributed by atoms with Crippen LogP contribution in [0.3, 0.4) is 0 Å². The lowest BCUT2D eigenvalue weighted by molar-refractivity contribution is 0.477. The number of pyridine rings is 1. The van der Waals surface area contributed by atoms with Gasteiger partial charge in [-0.3, -0.25) is 4.98 Å². The molecule has 0 aromatic carbocycles. The number of nitrogens with one attached hydrogen (secondary N) is 1. The average molecular weight is 295 g/mol. The molecule has 0 bridgehead atoms. The van der Waals surface area contributed by atoms with Gasteiger partial charge in [-0.25, -0.2) is 0 Å². The Morgan fingerprint density at radius 3 is 2.94 bits per heavy atom. The third kappa shape index (κ3) is 5.34. The minimum atomic E-state index is 0.316. The molecular weight excluding hydrogens is 276 g/mol. The first-order chi connectivity index (χ1) is 8.27. The fourth-order valence-corrected chi connectivity index (χ4v) is 1.91. The molecule has 0 aliphatic heterocycles. The molecule has 1 heterocycles. The Hall–Kier alpha value is -0.850. The number of rotatable bonds is 7. The van der Waals surface area contributed by atoms with Crippen LogP contribution in [-0.4, -0.2) is 11.5 Å². The van der Waals surface area contributed by atoms with Crippen molar-refractivity contribution in [3.63, 3.8) is 0 Å². The molecule has 0 saturated carbocycles. The van der Waals surface area contributed by atoms with E-state index in [0.29, 0.717) is 6.04 Å². The van der Waals surface area contributed by atoms with Crippen LogP contribution < -0.4 is 5.32 Å². The number of nitrogens with zero attached hydrogens (tertiary/aromatic N) is 1. The van der Waals surface area contributed by atoms with E-state index in [2.05, 4.69) is 45.1 Å². The SMILES string of the molecule is C#CCCCC(NCCC)c1ccc(Br)cn1. The normalized spacial score (nSPS) is 12.1. The van der Waals surface area contributed by atoms with Crippen molar-refractivity contribution in [2.24, 2.45) is 0 Å². The van der Waals surface area contributed by atoms with Crippen molar-refractivity contribution in [1.29, 1.82) is 0 Å². The maximum atomic E-state index is 5.28. The molecule has 0 aliphatic carbocycles. The van der Waals surface area contributed by atoms with E-state index in [1.54, 1.807) is 0 Å². The van der Waals surface area contributed by atoms with Gasteiger partial charge in [0, 0.05) is 23.1 Å². The molecule has 17 heavy (non-hydrogen) atoms. The van der Waals surface area contributed by atoms with Gasteiger partial charge in [0.1, 0.15) is 0 Å². The summed E-state index contributed by atoms with van der Waals surface area (Å²) in [6, 6.07) is 4.41. The molecule has 0 radical (unpaired) electrons. The second-order valence-electron chi connectivity index (χ2n) is 4.00.